The highest BCUT2D eigenvalue weighted by molar-refractivity contribution is 6.29. The summed E-state index contributed by atoms with van der Waals surface area (Å²) in [5.41, 5.74) is 2.39. The molecule has 0 bridgehead atoms. The van der Waals surface area contributed by atoms with Crippen LogP contribution in [0.3, 0.4) is 0 Å². The van der Waals surface area contributed by atoms with Gasteiger partial charge in [-0.15, -0.1) is 0 Å². The van der Waals surface area contributed by atoms with E-state index in [1.54, 1.807) is 0 Å². The molecular formula is C16H15ClN2O3. The van der Waals surface area contributed by atoms with Crippen LogP contribution in [0.15, 0.2) is 42.6 Å². The fourth-order valence-electron chi connectivity index (χ4n) is 1.70. The van der Waals surface area contributed by atoms with E-state index in [2.05, 4.69) is 10.3 Å². The molecule has 0 saturated heterocycles. The van der Waals surface area contributed by atoms with Crippen LogP contribution < -0.4 is 5.32 Å². The summed E-state index contributed by atoms with van der Waals surface area (Å²) in [7, 11) is 0. The number of benzene rings is 1. The average Bonchev–Trinajstić information content (AvgIpc) is 2.52. The van der Waals surface area contributed by atoms with Gasteiger partial charge in [0.1, 0.15) is 5.15 Å². The molecule has 6 heteroatoms. The van der Waals surface area contributed by atoms with Gasteiger partial charge in [-0.05, 0) is 24.6 Å². The SMILES string of the molecule is Cc1ccc(CNC(=O)COC(=O)c2ccnc(Cl)c2)cc1. The maximum atomic E-state index is 11.7. The molecule has 0 atom stereocenters. The van der Waals surface area contributed by atoms with E-state index in [1.165, 1.54) is 18.3 Å². The Morgan fingerprint density at radius 3 is 2.64 bits per heavy atom. The van der Waals surface area contributed by atoms with Gasteiger partial charge in [0.25, 0.3) is 5.91 Å². The number of esters is 1. The van der Waals surface area contributed by atoms with E-state index in [0.29, 0.717) is 6.54 Å². The molecule has 1 amide bonds. The molecule has 5 nitrogen and oxygen atoms in total. The monoisotopic (exact) mass is 318 g/mol. The molecule has 0 spiro atoms. The Bertz CT molecular complexity index is 671. The fraction of sp³-hybridized carbons (Fsp3) is 0.188. The Kier molecular flexibility index (Phi) is 5.49. The van der Waals surface area contributed by atoms with Crippen molar-refractivity contribution in [3.63, 3.8) is 0 Å². The van der Waals surface area contributed by atoms with Crippen LogP contribution in [0, 0.1) is 6.92 Å². The van der Waals surface area contributed by atoms with E-state index in [4.69, 9.17) is 16.3 Å². The molecule has 22 heavy (non-hydrogen) atoms. The minimum atomic E-state index is -0.616. The van der Waals surface area contributed by atoms with Crippen LogP contribution in [-0.4, -0.2) is 23.5 Å². The highest BCUT2D eigenvalue weighted by Gasteiger charge is 2.10. The lowest BCUT2D eigenvalue weighted by Gasteiger charge is -2.07. The second-order valence-corrected chi connectivity index (χ2v) is 5.09. The number of pyridine rings is 1. The summed E-state index contributed by atoms with van der Waals surface area (Å²) in [5.74, 6) is -0.983. The van der Waals surface area contributed by atoms with Crippen molar-refractivity contribution in [2.24, 2.45) is 0 Å². The Balaban J connectivity index is 1.78. The molecule has 1 heterocycles. The van der Waals surface area contributed by atoms with Gasteiger partial charge in [0.05, 0.1) is 5.56 Å². The Hall–Kier alpha value is -2.40. The van der Waals surface area contributed by atoms with Crippen molar-refractivity contribution in [2.75, 3.05) is 6.61 Å². The third-order valence-electron chi connectivity index (χ3n) is 2.91. The second-order valence-electron chi connectivity index (χ2n) is 4.71. The predicted octanol–water partition coefficient (Wildman–Crippen LogP) is 2.52. The van der Waals surface area contributed by atoms with Gasteiger partial charge in [0.15, 0.2) is 6.61 Å². The molecule has 0 aliphatic heterocycles. The first-order chi connectivity index (χ1) is 10.5. The Labute approximate surface area is 133 Å². The number of ether oxygens (including phenoxy) is 1. The number of hydrogen-bond donors (Lipinski definition) is 1. The number of aryl methyl sites for hydroxylation is 1. The van der Waals surface area contributed by atoms with E-state index < -0.39 is 5.97 Å². The first-order valence-electron chi connectivity index (χ1n) is 6.65. The van der Waals surface area contributed by atoms with Crippen LogP contribution >= 0.6 is 11.6 Å². The van der Waals surface area contributed by atoms with Gasteiger partial charge in [-0.2, -0.15) is 0 Å². The first kappa shape index (κ1) is 16.0. The Morgan fingerprint density at radius 1 is 1.23 bits per heavy atom. The quantitative estimate of drug-likeness (QED) is 0.679. The number of hydrogen-bond acceptors (Lipinski definition) is 4. The molecule has 1 aromatic heterocycles. The minimum Gasteiger partial charge on any atom is -0.452 e. The van der Waals surface area contributed by atoms with E-state index in [9.17, 15) is 9.59 Å². The number of aromatic nitrogens is 1. The van der Waals surface area contributed by atoms with E-state index in [1.807, 2.05) is 31.2 Å². The zero-order valence-electron chi connectivity index (χ0n) is 12.0. The number of rotatable bonds is 5. The number of carbonyl (C=O) groups is 2. The van der Waals surface area contributed by atoms with Crippen LogP contribution in [0.25, 0.3) is 0 Å². The lowest BCUT2D eigenvalue weighted by atomic mass is 10.1. The zero-order chi connectivity index (χ0) is 15.9. The van der Waals surface area contributed by atoms with Crippen molar-refractivity contribution in [3.05, 3.63) is 64.4 Å². The van der Waals surface area contributed by atoms with Crippen LogP contribution in [0.2, 0.25) is 5.15 Å². The van der Waals surface area contributed by atoms with Gasteiger partial charge >= 0.3 is 5.97 Å². The molecule has 0 aliphatic carbocycles. The third-order valence-corrected chi connectivity index (χ3v) is 3.11. The highest BCUT2D eigenvalue weighted by atomic mass is 35.5. The summed E-state index contributed by atoms with van der Waals surface area (Å²) in [5, 5.41) is 2.87. The first-order valence-corrected chi connectivity index (χ1v) is 7.03. The molecule has 0 fully saturated rings. The normalized spacial score (nSPS) is 10.1. The second kappa shape index (κ2) is 7.56. The fourth-order valence-corrected chi connectivity index (χ4v) is 1.88. The zero-order valence-corrected chi connectivity index (χ0v) is 12.8. The predicted molar refractivity (Wildman–Crippen MR) is 82.6 cm³/mol. The summed E-state index contributed by atoms with van der Waals surface area (Å²) in [6.45, 7) is 2.04. The molecular weight excluding hydrogens is 304 g/mol. The minimum absolute atomic E-state index is 0.193. The van der Waals surface area contributed by atoms with Crippen LogP contribution in [-0.2, 0) is 16.1 Å². The topological polar surface area (TPSA) is 68.3 Å². The molecule has 114 valence electrons. The van der Waals surface area contributed by atoms with Crippen molar-refractivity contribution < 1.29 is 14.3 Å². The highest BCUT2D eigenvalue weighted by Crippen LogP contribution is 2.08. The molecule has 2 rings (SSSR count). The number of halogens is 1. The lowest BCUT2D eigenvalue weighted by Crippen LogP contribution is -2.28. The van der Waals surface area contributed by atoms with E-state index in [-0.39, 0.29) is 23.2 Å². The molecule has 1 aromatic carbocycles. The number of nitrogens with one attached hydrogen (secondary N) is 1. The maximum absolute atomic E-state index is 11.7. The summed E-state index contributed by atoms with van der Waals surface area (Å²) in [6, 6.07) is 10.6. The molecule has 2 aromatic rings. The molecule has 0 unspecified atom stereocenters. The lowest BCUT2D eigenvalue weighted by molar-refractivity contribution is -0.124. The number of amides is 1. The molecule has 1 N–H and O–H groups in total. The molecule has 0 saturated carbocycles. The number of carbonyl (C=O) groups excluding carboxylic acids is 2. The largest absolute Gasteiger partial charge is 0.452 e. The average molecular weight is 319 g/mol. The summed E-state index contributed by atoms with van der Waals surface area (Å²) in [6.07, 6.45) is 1.40. The van der Waals surface area contributed by atoms with Crippen LogP contribution in [0.1, 0.15) is 21.5 Å². The van der Waals surface area contributed by atoms with Gasteiger partial charge in [-0.1, -0.05) is 41.4 Å². The molecule has 0 aliphatic rings. The summed E-state index contributed by atoms with van der Waals surface area (Å²) in [4.78, 5) is 27.1. The Morgan fingerprint density at radius 2 is 1.95 bits per heavy atom. The van der Waals surface area contributed by atoms with Crippen LogP contribution in [0.4, 0.5) is 0 Å². The molecule has 0 radical (unpaired) electrons. The van der Waals surface area contributed by atoms with Gasteiger partial charge in [-0.3, -0.25) is 4.79 Å². The van der Waals surface area contributed by atoms with Crippen molar-refractivity contribution in [3.8, 4) is 0 Å². The van der Waals surface area contributed by atoms with Gasteiger partial charge < -0.3 is 10.1 Å². The van der Waals surface area contributed by atoms with Crippen molar-refractivity contribution >= 4 is 23.5 Å². The van der Waals surface area contributed by atoms with Gasteiger partial charge in [0.2, 0.25) is 0 Å². The van der Waals surface area contributed by atoms with Crippen molar-refractivity contribution in [2.45, 2.75) is 13.5 Å². The smallest absolute Gasteiger partial charge is 0.338 e. The maximum Gasteiger partial charge on any atom is 0.338 e. The summed E-state index contributed by atoms with van der Waals surface area (Å²) < 4.78 is 4.92. The van der Waals surface area contributed by atoms with Crippen LogP contribution in [0.5, 0.6) is 0 Å². The number of nitrogens with zero attached hydrogens (tertiary/aromatic N) is 1. The standard InChI is InChI=1S/C16H15ClN2O3/c1-11-2-4-12(5-3-11)9-19-15(20)10-22-16(21)13-6-7-18-14(17)8-13/h2-8H,9-10H2,1H3,(H,19,20). The van der Waals surface area contributed by atoms with Gasteiger partial charge in [-0.25, -0.2) is 9.78 Å². The summed E-state index contributed by atoms with van der Waals surface area (Å²) >= 11 is 5.68. The van der Waals surface area contributed by atoms with E-state index >= 15 is 0 Å². The van der Waals surface area contributed by atoms with E-state index in [0.717, 1.165) is 11.1 Å². The van der Waals surface area contributed by atoms with Crippen molar-refractivity contribution in [1.82, 2.24) is 10.3 Å². The third kappa shape index (κ3) is 4.86. The van der Waals surface area contributed by atoms with Crippen molar-refractivity contribution in [1.29, 1.82) is 0 Å². The van der Waals surface area contributed by atoms with Gasteiger partial charge in [0, 0.05) is 12.7 Å².